The van der Waals surface area contributed by atoms with Gasteiger partial charge in [0.25, 0.3) is 0 Å². The third-order valence-electron chi connectivity index (χ3n) is 3.70. The first-order valence-corrected chi connectivity index (χ1v) is 9.28. The molecule has 2 rings (SSSR count). The minimum atomic E-state index is -3.16. The molecule has 0 aliphatic carbocycles. The summed E-state index contributed by atoms with van der Waals surface area (Å²) in [5.41, 5.74) is 0.876. The molecule has 1 fully saturated rings. The number of aryl methyl sites for hydroxylation is 1. The first kappa shape index (κ1) is 17.1. The lowest BCUT2D eigenvalue weighted by Crippen LogP contribution is -2.38. The third-order valence-corrected chi connectivity index (χ3v) is 4.97. The summed E-state index contributed by atoms with van der Waals surface area (Å²) in [5, 5.41) is 3.20. The van der Waals surface area contributed by atoms with Crippen molar-refractivity contribution < 1.29 is 13.2 Å². The van der Waals surface area contributed by atoms with Gasteiger partial charge in [-0.2, -0.15) is 0 Å². The van der Waals surface area contributed by atoms with Crippen molar-refractivity contribution in [1.29, 1.82) is 0 Å². The molecular weight excluding hydrogens is 304 g/mol. The van der Waals surface area contributed by atoms with E-state index in [0.717, 1.165) is 24.4 Å². The Labute approximate surface area is 132 Å². The van der Waals surface area contributed by atoms with Gasteiger partial charge in [0.05, 0.1) is 12.9 Å². The number of hydrogen-bond acceptors (Lipinski definition) is 6. The maximum absolute atomic E-state index is 11.7. The van der Waals surface area contributed by atoms with E-state index in [-0.39, 0.29) is 5.92 Å². The standard InChI is InChI=1S/C14H24N4O3S/c1-11-9-13(15-6-8-21-2)17-14(16-11)12-5-4-7-18(10-12)22(3,19)20/h9,12H,4-8,10H2,1-3H3,(H,15,16,17). The predicted octanol–water partition coefficient (Wildman–Crippen LogP) is 0.982. The van der Waals surface area contributed by atoms with E-state index in [4.69, 9.17) is 4.74 Å². The fourth-order valence-corrected chi connectivity index (χ4v) is 3.51. The van der Waals surface area contributed by atoms with Crippen LogP contribution in [0.15, 0.2) is 6.07 Å². The van der Waals surface area contributed by atoms with Gasteiger partial charge in [0.15, 0.2) is 0 Å². The first-order chi connectivity index (χ1) is 10.4. The van der Waals surface area contributed by atoms with Crippen LogP contribution in [0.5, 0.6) is 0 Å². The van der Waals surface area contributed by atoms with Crippen molar-refractivity contribution >= 4 is 15.8 Å². The average molecular weight is 328 g/mol. The summed E-state index contributed by atoms with van der Waals surface area (Å²) in [4.78, 5) is 9.04. The Morgan fingerprint density at radius 3 is 2.91 bits per heavy atom. The number of hydrogen-bond donors (Lipinski definition) is 1. The summed E-state index contributed by atoms with van der Waals surface area (Å²) in [6, 6.07) is 1.89. The smallest absolute Gasteiger partial charge is 0.211 e. The number of aromatic nitrogens is 2. The molecule has 1 saturated heterocycles. The topological polar surface area (TPSA) is 84.4 Å². The minimum absolute atomic E-state index is 0.0475. The van der Waals surface area contributed by atoms with Gasteiger partial charge < -0.3 is 10.1 Å². The van der Waals surface area contributed by atoms with E-state index in [1.54, 1.807) is 7.11 Å². The fourth-order valence-electron chi connectivity index (χ4n) is 2.60. The zero-order valence-electron chi connectivity index (χ0n) is 13.4. The van der Waals surface area contributed by atoms with Crippen LogP contribution >= 0.6 is 0 Å². The summed E-state index contributed by atoms with van der Waals surface area (Å²) < 4.78 is 30.0. The first-order valence-electron chi connectivity index (χ1n) is 7.43. The third kappa shape index (κ3) is 4.62. The van der Waals surface area contributed by atoms with E-state index in [1.165, 1.54) is 10.6 Å². The second-order valence-corrected chi connectivity index (χ2v) is 7.61. The molecule has 1 aromatic rings. The molecule has 0 aromatic carbocycles. The molecule has 1 N–H and O–H groups in total. The molecule has 1 aliphatic heterocycles. The molecule has 0 spiro atoms. The van der Waals surface area contributed by atoms with Gasteiger partial charge in [-0.05, 0) is 19.8 Å². The molecule has 7 nitrogen and oxygen atoms in total. The molecule has 0 saturated carbocycles. The summed E-state index contributed by atoms with van der Waals surface area (Å²) in [6.07, 6.45) is 3.00. The molecular formula is C14H24N4O3S. The molecule has 124 valence electrons. The van der Waals surface area contributed by atoms with Gasteiger partial charge in [-0.1, -0.05) is 0 Å². The highest BCUT2D eigenvalue weighted by Gasteiger charge is 2.28. The molecule has 0 bridgehead atoms. The monoisotopic (exact) mass is 328 g/mol. The maximum Gasteiger partial charge on any atom is 0.211 e. The van der Waals surface area contributed by atoms with Crippen LogP contribution in [-0.2, 0) is 14.8 Å². The zero-order valence-corrected chi connectivity index (χ0v) is 14.2. The minimum Gasteiger partial charge on any atom is -0.383 e. The Hall–Kier alpha value is -1.25. The molecule has 22 heavy (non-hydrogen) atoms. The van der Waals surface area contributed by atoms with Crippen molar-refractivity contribution in [3.63, 3.8) is 0 Å². The van der Waals surface area contributed by atoms with Crippen LogP contribution in [-0.4, -0.2) is 62.3 Å². The molecule has 0 radical (unpaired) electrons. The normalized spacial score (nSPS) is 20.0. The van der Waals surface area contributed by atoms with Gasteiger partial charge in [0, 0.05) is 44.4 Å². The van der Waals surface area contributed by atoms with Gasteiger partial charge in [0.1, 0.15) is 11.6 Å². The molecule has 2 heterocycles. The Kier molecular flexibility index (Phi) is 5.71. The Bertz CT molecular complexity index is 606. The van der Waals surface area contributed by atoms with Crippen LogP contribution in [0.4, 0.5) is 5.82 Å². The van der Waals surface area contributed by atoms with Crippen LogP contribution in [0.2, 0.25) is 0 Å². The number of piperidine rings is 1. The Morgan fingerprint density at radius 2 is 2.23 bits per heavy atom. The van der Waals surface area contributed by atoms with Crippen molar-refractivity contribution in [3.8, 4) is 0 Å². The van der Waals surface area contributed by atoms with Crippen molar-refractivity contribution in [2.24, 2.45) is 0 Å². The van der Waals surface area contributed by atoms with Gasteiger partial charge in [-0.15, -0.1) is 0 Å². The molecule has 1 atom stereocenters. The molecule has 1 unspecified atom stereocenters. The fraction of sp³-hybridized carbons (Fsp3) is 0.714. The van der Waals surface area contributed by atoms with Crippen molar-refractivity contribution in [2.75, 3.05) is 44.9 Å². The molecule has 8 heteroatoms. The van der Waals surface area contributed by atoms with E-state index < -0.39 is 10.0 Å². The van der Waals surface area contributed by atoms with Crippen molar-refractivity contribution in [2.45, 2.75) is 25.7 Å². The molecule has 1 aromatic heterocycles. The lowest BCUT2D eigenvalue weighted by molar-refractivity contribution is 0.210. The maximum atomic E-state index is 11.7. The summed E-state index contributed by atoms with van der Waals surface area (Å²) in [7, 11) is -1.51. The van der Waals surface area contributed by atoms with E-state index in [0.29, 0.717) is 32.1 Å². The van der Waals surface area contributed by atoms with Crippen LogP contribution in [0.1, 0.15) is 30.3 Å². The SMILES string of the molecule is COCCNc1cc(C)nc(C2CCCN(S(C)(=O)=O)C2)n1. The number of ether oxygens (including phenoxy) is 1. The van der Waals surface area contributed by atoms with Crippen LogP contribution in [0.25, 0.3) is 0 Å². The number of methoxy groups -OCH3 is 1. The lowest BCUT2D eigenvalue weighted by atomic mass is 9.99. The van der Waals surface area contributed by atoms with Crippen molar-refractivity contribution in [3.05, 3.63) is 17.6 Å². The average Bonchev–Trinajstić information content (AvgIpc) is 2.46. The lowest BCUT2D eigenvalue weighted by Gasteiger charge is -2.30. The summed E-state index contributed by atoms with van der Waals surface area (Å²) >= 11 is 0. The quantitative estimate of drug-likeness (QED) is 0.784. The summed E-state index contributed by atoms with van der Waals surface area (Å²) in [6.45, 7) is 4.24. The highest BCUT2D eigenvalue weighted by molar-refractivity contribution is 7.88. The van der Waals surface area contributed by atoms with Gasteiger partial charge >= 0.3 is 0 Å². The van der Waals surface area contributed by atoms with E-state index in [2.05, 4.69) is 15.3 Å². The van der Waals surface area contributed by atoms with E-state index in [1.807, 2.05) is 13.0 Å². The summed E-state index contributed by atoms with van der Waals surface area (Å²) in [5.74, 6) is 1.52. The largest absolute Gasteiger partial charge is 0.383 e. The van der Waals surface area contributed by atoms with E-state index in [9.17, 15) is 8.42 Å². The number of sulfonamides is 1. The number of nitrogens with zero attached hydrogens (tertiary/aromatic N) is 3. The van der Waals surface area contributed by atoms with Crippen LogP contribution in [0, 0.1) is 6.92 Å². The van der Waals surface area contributed by atoms with Crippen LogP contribution < -0.4 is 5.32 Å². The van der Waals surface area contributed by atoms with E-state index >= 15 is 0 Å². The second kappa shape index (κ2) is 7.34. The zero-order chi connectivity index (χ0) is 16.2. The molecule has 0 amide bonds. The Morgan fingerprint density at radius 1 is 1.45 bits per heavy atom. The van der Waals surface area contributed by atoms with Gasteiger partial charge in [-0.25, -0.2) is 22.7 Å². The van der Waals surface area contributed by atoms with Crippen LogP contribution in [0.3, 0.4) is 0 Å². The second-order valence-electron chi connectivity index (χ2n) is 5.63. The van der Waals surface area contributed by atoms with Crippen molar-refractivity contribution in [1.82, 2.24) is 14.3 Å². The Balaban J connectivity index is 2.13. The number of anilines is 1. The highest BCUT2D eigenvalue weighted by atomic mass is 32.2. The van der Waals surface area contributed by atoms with Gasteiger partial charge in [-0.3, -0.25) is 0 Å². The molecule has 1 aliphatic rings. The number of rotatable bonds is 6. The number of nitrogens with one attached hydrogen (secondary N) is 1. The van der Waals surface area contributed by atoms with Gasteiger partial charge in [0.2, 0.25) is 10.0 Å². The predicted molar refractivity (Wildman–Crippen MR) is 85.5 cm³/mol. The highest BCUT2D eigenvalue weighted by Crippen LogP contribution is 2.26.